The molecule has 1 aliphatic carbocycles. The predicted molar refractivity (Wildman–Crippen MR) is 140 cm³/mol. The maximum absolute atomic E-state index is 13.1. The Morgan fingerprint density at radius 1 is 1.18 bits per heavy atom. The first-order chi connectivity index (χ1) is 18.4. The molecule has 3 amide bonds. The standard InChI is InChI=1S/C25H37N9O4/c1-32-19-7-6-17-15-18(19)23(31-32)24(37)27-9-4-12-33(20-8-10-28-25(26)30-20)11-3-5-22(36)34(13-14-38-2)16-21(35)29-17/h8,10,17H,3-7,9,11-16H2,1-2H3,(H,27,37)(H,29,35)(H2,26,28,30). The van der Waals surface area contributed by atoms with Gasteiger partial charge in [-0.1, -0.05) is 0 Å². The van der Waals surface area contributed by atoms with Crippen LogP contribution in [0.1, 0.15) is 47.4 Å². The molecule has 1 aliphatic heterocycles. The molecular formula is C25H37N9O4. The molecule has 4 N–H and O–H groups in total. The molecule has 1 unspecified atom stereocenters. The molecule has 0 radical (unpaired) electrons. The number of nitrogen functional groups attached to an aromatic ring is 1. The Hall–Kier alpha value is -3.74. The number of carbonyl (C=O) groups excluding carboxylic acids is 3. The fourth-order valence-electron chi connectivity index (χ4n) is 5.05. The zero-order valence-corrected chi connectivity index (χ0v) is 22.1. The van der Waals surface area contributed by atoms with Crippen LogP contribution in [-0.4, -0.2) is 94.9 Å². The second kappa shape index (κ2) is 12.7. The van der Waals surface area contributed by atoms with Crippen LogP contribution in [0.4, 0.5) is 11.8 Å². The van der Waals surface area contributed by atoms with Crippen LogP contribution in [0.3, 0.4) is 0 Å². The number of methoxy groups -OCH3 is 1. The quantitative estimate of drug-likeness (QED) is 0.483. The van der Waals surface area contributed by atoms with E-state index in [2.05, 4.69) is 25.7 Å². The molecule has 0 fully saturated rings. The average Bonchev–Trinajstić information content (AvgIpc) is 3.22. The van der Waals surface area contributed by atoms with Crippen LogP contribution < -0.4 is 21.3 Å². The van der Waals surface area contributed by atoms with Crippen LogP contribution in [0, 0.1) is 0 Å². The van der Waals surface area contributed by atoms with E-state index in [0.717, 1.165) is 17.7 Å². The Bertz CT molecular complexity index is 1150. The molecule has 13 heteroatoms. The lowest BCUT2D eigenvalue weighted by atomic mass is 9.91. The number of nitrogens with zero attached hydrogens (tertiary/aromatic N) is 6. The van der Waals surface area contributed by atoms with Gasteiger partial charge in [-0.2, -0.15) is 10.1 Å². The Morgan fingerprint density at radius 3 is 2.79 bits per heavy atom. The second-order valence-electron chi connectivity index (χ2n) is 9.69. The summed E-state index contributed by atoms with van der Waals surface area (Å²) in [7, 11) is 3.41. The third-order valence-electron chi connectivity index (χ3n) is 6.98. The van der Waals surface area contributed by atoms with E-state index in [4.69, 9.17) is 10.5 Å². The lowest BCUT2D eigenvalue weighted by Gasteiger charge is -2.28. The molecule has 2 aromatic rings. The molecule has 2 aromatic heterocycles. The van der Waals surface area contributed by atoms with E-state index < -0.39 is 0 Å². The molecule has 4 rings (SSSR count). The van der Waals surface area contributed by atoms with Crippen LogP contribution in [0.25, 0.3) is 0 Å². The summed E-state index contributed by atoms with van der Waals surface area (Å²) < 4.78 is 6.94. The van der Waals surface area contributed by atoms with Gasteiger partial charge in [-0.15, -0.1) is 0 Å². The first-order valence-corrected chi connectivity index (χ1v) is 13.1. The number of hydrogen-bond acceptors (Lipinski definition) is 9. The summed E-state index contributed by atoms with van der Waals surface area (Å²) in [6.45, 7) is 2.23. The van der Waals surface area contributed by atoms with E-state index in [9.17, 15) is 14.4 Å². The molecule has 0 spiro atoms. The number of amides is 3. The fraction of sp³-hybridized carbons (Fsp3) is 0.600. The highest BCUT2D eigenvalue weighted by molar-refractivity contribution is 5.94. The van der Waals surface area contributed by atoms with E-state index in [1.165, 1.54) is 0 Å². The number of carbonyl (C=O) groups is 3. The van der Waals surface area contributed by atoms with E-state index in [-0.39, 0.29) is 42.7 Å². The van der Waals surface area contributed by atoms with E-state index in [1.807, 2.05) is 11.9 Å². The smallest absolute Gasteiger partial charge is 0.272 e. The van der Waals surface area contributed by atoms with Crippen molar-refractivity contribution in [2.75, 3.05) is 57.1 Å². The number of fused-ring (bicyclic) bond motifs is 1. The van der Waals surface area contributed by atoms with Gasteiger partial charge in [0.1, 0.15) is 5.82 Å². The summed E-state index contributed by atoms with van der Waals surface area (Å²) in [6.07, 6.45) is 5.07. The van der Waals surface area contributed by atoms with Gasteiger partial charge in [-0.3, -0.25) is 19.1 Å². The first kappa shape index (κ1) is 27.3. The molecule has 0 saturated carbocycles. The Kier molecular flexibility index (Phi) is 9.10. The zero-order chi connectivity index (χ0) is 27.1. The minimum atomic E-state index is -0.225. The summed E-state index contributed by atoms with van der Waals surface area (Å²) >= 11 is 0. The normalized spacial score (nSPS) is 19.9. The van der Waals surface area contributed by atoms with Crippen molar-refractivity contribution in [1.82, 2.24) is 35.3 Å². The monoisotopic (exact) mass is 527 g/mol. The number of nitrogens with one attached hydrogen (secondary N) is 2. The fourth-order valence-corrected chi connectivity index (χ4v) is 5.05. The Balaban J connectivity index is 1.55. The number of aryl methyl sites for hydroxylation is 1. The van der Waals surface area contributed by atoms with Gasteiger partial charge in [-0.05, 0) is 38.2 Å². The molecule has 2 aliphatic rings. The largest absolute Gasteiger partial charge is 0.383 e. The van der Waals surface area contributed by atoms with Crippen LogP contribution in [0.2, 0.25) is 0 Å². The summed E-state index contributed by atoms with van der Waals surface area (Å²) in [5, 5.41) is 10.5. The maximum atomic E-state index is 13.1. The molecule has 206 valence electrons. The zero-order valence-electron chi connectivity index (χ0n) is 22.1. The summed E-state index contributed by atoms with van der Waals surface area (Å²) in [6, 6.07) is 1.65. The highest BCUT2D eigenvalue weighted by Crippen LogP contribution is 2.24. The summed E-state index contributed by atoms with van der Waals surface area (Å²) in [5.41, 5.74) is 8.09. The summed E-state index contributed by atoms with van der Waals surface area (Å²) in [5.74, 6) is 0.279. The van der Waals surface area contributed by atoms with Gasteiger partial charge in [0.2, 0.25) is 17.8 Å². The van der Waals surface area contributed by atoms with Gasteiger partial charge in [0.15, 0.2) is 5.69 Å². The molecular weight excluding hydrogens is 490 g/mol. The number of aromatic nitrogens is 4. The molecule has 1 atom stereocenters. The number of rotatable bonds is 4. The van der Waals surface area contributed by atoms with E-state index in [0.29, 0.717) is 70.0 Å². The van der Waals surface area contributed by atoms with Crippen molar-refractivity contribution in [2.45, 2.75) is 44.6 Å². The second-order valence-corrected chi connectivity index (χ2v) is 9.69. The number of anilines is 2. The van der Waals surface area contributed by atoms with Crippen molar-refractivity contribution in [3.8, 4) is 0 Å². The first-order valence-electron chi connectivity index (χ1n) is 13.1. The molecule has 3 heterocycles. The van der Waals surface area contributed by atoms with Crippen LogP contribution >= 0.6 is 0 Å². The lowest BCUT2D eigenvalue weighted by molar-refractivity contribution is -0.137. The SMILES string of the molecule is COCCN1CC(=O)NC2CCc3c(c(nn3C)C(=O)NCCCN(c3ccnc(N)n3)CCCC1=O)C2. The minimum absolute atomic E-state index is 0.0436. The van der Waals surface area contributed by atoms with E-state index in [1.54, 1.807) is 29.0 Å². The van der Waals surface area contributed by atoms with E-state index >= 15 is 0 Å². The minimum Gasteiger partial charge on any atom is -0.383 e. The third-order valence-corrected chi connectivity index (χ3v) is 6.98. The topological polar surface area (TPSA) is 161 Å². The molecule has 13 nitrogen and oxygen atoms in total. The van der Waals surface area contributed by atoms with Crippen LogP contribution in [-0.2, 0) is 34.2 Å². The average molecular weight is 528 g/mol. The molecule has 2 bridgehead atoms. The van der Waals surface area contributed by atoms with Crippen molar-refractivity contribution in [1.29, 1.82) is 0 Å². The summed E-state index contributed by atoms with van der Waals surface area (Å²) in [4.78, 5) is 51.0. The van der Waals surface area contributed by atoms with Gasteiger partial charge in [0.25, 0.3) is 5.91 Å². The molecule has 0 saturated heterocycles. The third kappa shape index (κ3) is 6.77. The van der Waals surface area contributed by atoms with Gasteiger partial charge in [0, 0.05) is 70.3 Å². The van der Waals surface area contributed by atoms with Gasteiger partial charge >= 0.3 is 0 Å². The highest BCUT2D eigenvalue weighted by atomic mass is 16.5. The lowest BCUT2D eigenvalue weighted by Crippen LogP contribution is -2.47. The van der Waals surface area contributed by atoms with Crippen molar-refractivity contribution >= 4 is 29.5 Å². The molecule has 0 aromatic carbocycles. The predicted octanol–water partition coefficient (Wildman–Crippen LogP) is -0.339. The highest BCUT2D eigenvalue weighted by Gasteiger charge is 2.29. The van der Waals surface area contributed by atoms with Crippen molar-refractivity contribution < 1.29 is 19.1 Å². The van der Waals surface area contributed by atoms with Gasteiger partial charge in [0.05, 0.1) is 13.2 Å². The number of hydrogen-bond donors (Lipinski definition) is 3. The van der Waals surface area contributed by atoms with Crippen molar-refractivity contribution in [3.05, 3.63) is 29.2 Å². The van der Waals surface area contributed by atoms with Crippen molar-refractivity contribution in [3.63, 3.8) is 0 Å². The van der Waals surface area contributed by atoms with Crippen LogP contribution in [0.5, 0.6) is 0 Å². The van der Waals surface area contributed by atoms with Gasteiger partial charge < -0.3 is 30.9 Å². The van der Waals surface area contributed by atoms with Crippen LogP contribution in [0.15, 0.2) is 12.3 Å². The van der Waals surface area contributed by atoms with Gasteiger partial charge in [-0.25, -0.2) is 4.98 Å². The number of ether oxygens (including phenoxy) is 1. The van der Waals surface area contributed by atoms with Crippen molar-refractivity contribution in [2.24, 2.45) is 7.05 Å². The number of nitrogens with two attached hydrogens (primary N) is 1. The maximum Gasteiger partial charge on any atom is 0.272 e. The Morgan fingerprint density at radius 2 is 2.00 bits per heavy atom. The molecule has 38 heavy (non-hydrogen) atoms. The Labute approximate surface area is 222 Å².